The van der Waals surface area contributed by atoms with Gasteiger partial charge in [-0.1, -0.05) is 18.2 Å². The Morgan fingerprint density at radius 1 is 0.720 bits per heavy atom. The maximum Gasteiger partial charge on any atom is 0.273 e. The first kappa shape index (κ1) is 30.8. The number of nitrogens with one attached hydrogen (secondary N) is 2. The van der Waals surface area contributed by atoms with Crippen LogP contribution in [-0.4, -0.2) is 67.9 Å². The quantitative estimate of drug-likeness (QED) is 0.222. The Kier molecular flexibility index (Phi) is 8.10. The topological polar surface area (TPSA) is 201 Å². The summed E-state index contributed by atoms with van der Waals surface area (Å²) in [5.74, 6) is 0.791. The zero-order valence-corrected chi connectivity index (χ0v) is 26.8. The Hall–Kier alpha value is -6.55. The fourth-order valence-corrected chi connectivity index (χ4v) is 5.13. The molecule has 2 N–H and O–H groups in total. The summed E-state index contributed by atoms with van der Waals surface area (Å²) in [6, 6.07) is 7.24. The highest BCUT2D eigenvalue weighted by molar-refractivity contribution is 5.92. The van der Waals surface area contributed by atoms with Crippen LogP contribution >= 0.6 is 0 Å². The first-order valence-corrected chi connectivity index (χ1v) is 15.6. The number of oxazole rings is 6. The third kappa shape index (κ3) is 6.59. The zero-order valence-electron chi connectivity index (χ0n) is 26.8. The molecule has 1 aliphatic rings. The Balaban J connectivity index is 1.11. The molecule has 0 saturated heterocycles. The second-order valence-electron chi connectivity index (χ2n) is 11.7. The van der Waals surface area contributed by atoms with Crippen molar-refractivity contribution in [3.63, 3.8) is 0 Å². The van der Waals surface area contributed by atoms with Crippen molar-refractivity contribution in [3.05, 3.63) is 96.7 Å². The number of likely N-dealkylation sites (N-methyl/N-ethyl adjacent to an activating group) is 1. The number of carbonyl (C=O) groups excluding carboxylic acids is 1. The molecule has 1 aliphatic heterocycles. The number of aromatic nitrogens is 6. The molecule has 1 unspecified atom stereocenters. The summed E-state index contributed by atoms with van der Waals surface area (Å²) in [5, 5.41) is 6.38. The number of hydrogen-bond donors (Lipinski definition) is 2. The number of nitrogens with zero attached hydrogens (tertiary/aromatic N) is 7. The van der Waals surface area contributed by atoms with E-state index in [1.807, 2.05) is 44.4 Å². The molecule has 252 valence electrons. The smallest absolute Gasteiger partial charge is 0.273 e. The van der Waals surface area contributed by atoms with E-state index in [0.29, 0.717) is 41.5 Å². The Morgan fingerprint density at radius 2 is 1.32 bits per heavy atom. The van der Waals surface area contributed by atoms with E-state index in [1.165, 1.54) is 37.6 Å². The van der Waals surface area contributed by atoms with Gasteiger partial charge in [-0.15, -0.1) is 0 Å². The fourth-order valence-electron chi connectivity index (χ4n) is 5.13. The van der Waals surface area contributed by atoms with E-state index < -0.39 is 11.9 Å². The summed E-state index contributed by atoms with van der Waals surface area (Å²) in [7, 11) is 4.05. The summed E-state index contributed by atoms with van der Waals surface area (Å²) in [5.41, 5.74) is 3.93. The van der Waals surface area contributed by atoms with E-state index in [1.54, 1.807) is 6.08 Å². The van der Waals surface area contributed by atoms with Crippen molar-refractivity contribution in [2.45, 2.75) is 18.9 Å². The van der Waals surface area contributed by atoms with Crippen LogP contribution in [0.3, 0.4) is 0 Å². The molecule has 1 amide bonds. The van der Waals surface area contributed by atoms with Gasteiger partial charge in [0, 0.05) is 31.6 Å². The predicted octanol–water partition coefficient (Wildman–Crippen LogP) is 5.54. The second kappa shape index (κ2) is 13.2. The van der Waals surface area contributed by atoms with Crippen molar-refractivity contribution in [3.8, 4) is 46.3 Å². The molecule has 16 nitrogen and oxygen atoms in total. The SMILES string of the molecule is CN(C)CCNc1ccc(CC2NC(=O)c3coc(n3)-c3coc(n3)-c3coc(n3)C=CCc3coc(n3)-c3coc(n3)-c3coc2n3)cc1. The molecule has 7 heterocycles. The van der Waals surface area contributed by atoms with Gasteiger partial charge in [-0.2, -0.15) is 0 Å². The Bertz CT molecular complexity index is 2270. The molecule has 1 aromatic carbocycles. The molecule has 12 bridgehead atoms. The third-order valence-electron chi connectivity index (χ3n) is 7.69. The highest BCUT2D eigenvalue weighted by Gasteiger charge is 2.26. The first-order valence-electron chi connectivity index (χ1n) is 15.6. The van der Waals surface area contributed by atoms with Gasteiger partial charge in [0.2, 0.25) is 35.3 Å². The summed E-state index contributed by atoms with van der Waals surface area (Å²) >= 11 is 0. The van der Waals surface area contributed by atoms with Gasteiger partial charge in [-0.25, -0.2) is 29.9 Å². The van der Waals surface area contributed by atoms with Crippen LogP contribution in [0.25, 0.3) is 52.4 Å². The van der Waals surface area contributed by atoms with Gasteiger partial charge in [0.1, 0.15) is 43.6 Å². The lowest BCUT2D eigenvalue weighted by Gasteiger charge is -2.16. The molecular weight excluding hydrogens is 646 g/mol. The van der Waals surface area contributed by atoms with E-state index in [0.717, 1.165) is 24.3 Å². The molecule has 0 fully saturated rings. The molecule has 1 atom stereocenters. The van der Waals surface area contributed by atoms with Crippen LogP contribution in [-0.2, 0) is 12.8 Å². The molecule has 16 heteroatoms. The maximum atomic E-state index is 13.6. The average molecular weight is 676 g/mol. The van der Waals surface area contributed by atoms with Crippen LogP contribution in [0.15, 0.2) is 94.4 Å². The van der Waals surface area contributed by atoms with E-state index in [4.69, 9.17) is 26.5 Å². The largest absolute Gasteiger partial charge is 0.446 e. The molecule has 6 aromatic heterocycles. The van der Waals surface area contributed by atoms with Gasteiger partial charge >= 0.3 is 0 Å². The summed E-state index contributed by atoms with van der Waals surface area (Å²) < 4.78 is 34.0. The van der Waals surface area contributed by atoms with Crippen molar-refractivity contribution in [2.75, 3.05) is 32.5 Å². The monoisotopic (exact) mass is 675 g/mol. The van der Waals surface area contributed by atoms with Crippen molar-refractivity contribution >= 4 is 17.7 Å². The van der Waals surface area contributed by atoms with E-state index in [9.17, 15) is 4.79 Å². The number of allylic oxidation sites excluding steroid dienone is 1. The van der Waals surface area contributed by atoms with Gasteiger partial charge < -0.3 is 42.0 Å². The van der Waals surface area contributed by atoms with Gasteiger partial charge in [-0.05, 0) is 37.9 Å². The van der Waals surface area contributed by atoms with E-state index >= 15 is 0 Å². The molecule has 0 saturated carbocycles. The van der Waals surface area contributed by atoms with Crippen LogP contribution in [0.2, 0.25) is 0 Å². The minimum absolute atomic E-state index is 0.0211. The molecular formula is C34H29N9O7. The van der Waals surface area contributed by atoms with Gasteiger partial charge in [0.05, 0.1) is 5.69 Å². The number of hydrogen-bond acceptors (Lipinski definition) is 15. The lowest BCUT2D eigenvalue weighted by molar-refractivity contribution is 0.0925. The summed E-state index contributed by atoms with van der Waals surface area (Å²) in [4.78, 5) is 42.5. The normalized spacial score (nSPS) is 14.5. The summed E-state index contributed by atoms with van der Waals surface area (Å²) in [6.07, 6.45) is 12.7. The Morgan fingerprint density at radius 3 is 2.06 bits per heavy atom. The number of rotatable bonds is 6. The fraction of sp³-hybridized carbons (Fsp3) is 0.206. The lowest BCUT2D eigenvalue weighted by Crippen LogP contribution is -2.30. The zero-order chi connectivity index (χ0) is 34.0. The average Bonchev–Trinajstić information content (AvgIpc) is 3.96. The van der Waals surface area contributed by atoms with E-state index in [-0.39, 0.29) is 40.8 Å². The van der Waals surface area contributed by atoms with Crippen LogP contribution in [0.5, 0.6) is 0 Å². The predicted molar refractivity (Wildman–Crippen MR) is 175 cm³/mol. The number of fused-ring (bicyclic) bond motifs is 16. The molecule has 7 aromatic rings. The van der Waals surface area contributed by atoms with Crippen molar-refractivity contribution in [2.24, 2.45) is 0 Å². The van der Waals surface area contributed by atoms with Crippen molar-refractivity contribution in [1.82, 2.24) is 40.1 Å². The Labute approximate surface area is 283 Å². The molecule has 0 aliphatic carbocycles. The van der Waals surface area contributed by atoms with Crippen molar-refractivity contribution in [1.29, 1.82) is 0 Å². The van der Waals surface area contributed by atoms with E-state index in [2.05, 4.69) is 45.4 Å². The van der Waals surface area contributed by atoms with Gasteiger partial charge in [-0.3, -0.25) is 4.79 Å². The minimum Gasteiger partial charge on any atom is -0.446 e. The number of carbonyl (C=O) groups is 1. The molecule has 0 spiro atoms. The van der Waals surface area contributed by atoms with Crippen LogP contribution in [0, 0.1) is 0 Å². The minimum atomic E-state index is -0.703. The first-order chi connectivity index (χ1) is 24.4. The van der Waals surface area contributed by atoms with Crippen LogP contribution in [0.1, 0.15) is 39.6 Å². The molecule has 8 rings (SSSR count). The van der Waals surface area contributed by atoms with Gasteiger partial charge in [0.15, 0.2) is 28.5 Å². The lowest BCUT2D eigenvalue weighted by atomic mass is 10.0. The molecule has 50 heavy (non-hydrogen) atoms. The van der Waals surface area contributed by atoms with Crippen LogP contribution in [0.4, 0.5) is 5.69 Å². The highest BCUT2D eigenvalue weighted by atomic mass is 16.4. The van der Waals surface area contributed by atoms with Crippen LogP contribution < -0.4 is 10.6 Å². The summed E-state index contributed by atoms with van der Waals surface area (Å²) in [6.45, 7) is 1.70. The number of benzene rings is 1. The van der Waals surface area contributed by atoms with Gasteiger partial charge in [0.25, 0.3) is 5.91 Å². The maximum absolute atomic E-state index is 13.6. The second-order valence-corrected chi connectivity index (χ2v) is 11.7. The highest BCUT2D eigenvalue weighted by Crippen LogP contribution is 2.28. The standard InChI is InChI=1S/C34H29N9O7/c1-43(2)11-10-35-20-8-6-19(7-9-20)12-22-30-40-27(17-48-30)34-41-25(16-50-34)31-36-21(13-46-31)4-3-5-28-37-24(15-45-28)32-42-26(18-49-32)33-39-23(14-47-33)29(44)38-22/h3,5-9,13-18,22,35H,4,10-12H2,1-2H3,(H,38,44). The van der Waals surface area contributed by atoms with Crippen molar-refractivity contribution < 1.29 is 31.3 Å². The number of anilines is 1. The molecule has 0 radical (unpaired) electrons. The number of amides is 1. The third-order valence-corrected chi connectivity index (χ3v) is 7.69.